The molecular formula is C21H33O3SSi. The van der Waals surface area contributed by atoms with Gasteiger partial charge in [0.2, 0.25) is 0 Å². The molecule has 0 aliphatic heterocycles. The third kappa shape index (κ3) is 5.30. The van der Waals surface area contributed by atoms with Gasteiger partial charge in [-0.15, -0.1) is 6.58 Å². The first-order chi connectivity index (χ1) is 11.8. The highest BCUT2D eigenvalue weighted by Crippen LogP contribution is 2.36. The van der Waals surface area contributed by atoms with Crippen molar-refractivity contribution < 1.29 is 13.0 Å². The van der Waals surface area contributed by atoms with Crippen LogP contribution in [0, 0.1) is 17.8 Å². The minimum absolute atomic E-state index is 0.357. The van der Waals surface area contributed by atoms with Gasteiger partial charge in [-0.05, 0) is 59.3 Å². The third-order valence-corrected chi connectivity index (χ3v) is 6.92. The Kier molecular flexibility index (Phi) is 7.87. The molecule has 0 aliphatic carbocycles. The van der Waals surface area contributed by atoms with E-state index in [9.17, 15) is 13.0 Å². The summed E-state index contributed by atoms with van der Waals surface area (Å²) in [7, 11) is -1.07. The number of rotatable bonds is 9. The summed E-state index contributed by atoms with van der Waals surface area (Å²) in [4.78, 5) is 0. The van der Waals surface area contributed by atoms with E-state index in [4.69, 9.17) is 0 Å². The standard InChI is InChI=1S/C21H33O3SSi/c1-8-21(26,25(22,23)24)20-10-9-17(11-14(2)3)18(12-15(4)5)19(20)13-16(6)7/h8-10,14-16H,1,11-13H2,2-7H3,(H,22,23,24). The van der Waals surface area contributed by atoms with Crippen molar-refractivity contribution in [3.63, 3.8) is 0 Å². The lowest BCUT2D eigenvalue weighted by Crippen LogP contribution is -2.35. The quantitative estimate of drug-likeness (QED) is 0.376. The molecular weight excluding hydrogens is 360 g/mol. The van der Waals surface area contributed by atoms with E-state index in [1.54, 1.807) is 0 Å². The van der Waals surface area contributed by atoms with Crippen molar-refractivity contribution in [2.24, 2.45) is 17.8 Å². The van der Waals surface area contributed by atoms with Crippen LogP contribution in [0.2, 0.25) is 0 Å². The second-order valence-corrected chi connectivity index (χ2v) is 11.2. The van der Waals surface area contributed by atoms with Crippen LogP contribution in [0.5, 0.6) is 0 Å². The predicted octanol–water partition coefficient (Wildman–Crippen LogP) is 4.68. The molecule has 0 amide bonds. The molecule has 1 aromatic carbocycles. The zero-order chi connectivity index (χ0) is 20.3. The van der Waals surface area contributed by atoms with Crippen molar-refractivity contribution >= 4 is 20.4 Å². The van der Waals surface area contributed by atoms with Gasteiger partial charge in [0.25, 0.3) is 10.1 Å². The molecule has 0 heterocycles. The normalized spacial score (nSPS) is 14.9. The molecule has 0 saturated carbocycles. The highest BCUT2D eigenvalue weighted by atomic mass is 32.2. The molecule has 1 aromatic rings. The number of benzene rings is 1. The Morgan fingerprint density at radius 3 is 1.85 bits per heavy atom. The average Bonchev–Trinajstić information content (AvgIpc) is 2.47. The van der Waals surface area contributed by atoms with E-state index in [1.807, 2.05) is 12.1 Å². The van der Waals surface area contributed by atoms with Gasteiger partial charge in [-0.2, -0.15) is 8.42 Å². The molecule has 1 N–H and O–H groups in total. The first-order valence-electron chi connectivity index (χ1n) is 9.33. The van der Waals surface area contributed by atoms with Crippen LogP contribution in [0.15, 0.2) is 24.8 Å². The van der Waals surface area contributed by atoms with E-state index >= 15 is 0 Å². The summed E-state index contributed by atoms with van der Waals surface area (Å²) >= 11 is 0. The first kappa shape index (κ1) is 23.1. The molecule has 0 spiro atoms. The fourth-order valence-electron chi connectivity index (χ4n) is 3.38. The highest BCUT2D eigenvalue weighted by Gasteiger charge is 2.39. The zero-order valence-electron chi connectivity index (χ0n) is 17.0. The summed E-state index contributed by atoms with van der Waals surface area (Å²) in [6.07, 6.45) is 3.84. The van der Waals surface area contributed by atoms with Crippen molar-refractivity contribution in [2.45, 2.75) is 65.2 Å². The van der Waals surface area contributed by atoms with Gasteiger partial charge in [0, 0.05) is 0 Å². The summed E-state index contributed by atoms with van der Waals surface area (Å²) < 4.78 is 32.5. The van der Waals surface area contributed by atoms with E-state index in [-0.39, 0.29) is 0 Å². The van der Waals surface area contributed by atoms with Gasteiger partial charge in [0.1, 0.15) is 4.37 Å². The summed E-state index contributed by atoms with van der Waals surface area (Å²) in [5.41, 5.74) is 4.07. The lowest BCUT2D eigenvalue weighted by Gasteiger charge is -2.30. The number of hydrogen-bond acceptors (Lipinski definition) is 2. The second kappa shape index (κ2) is 8.85. The monoisotopic (exact) mass is 393 g/mol. The van der Waals surface area contributed by atoms with Gasteiger partial charge >= 0.3 is 0 Å². The highest BCUT2D eigenvalue weighted by molar-refractivity contribution is 7.88. The minimum Gasteiger partial charge on any atom is -0.285 e. The Labute approximate surface area is 163 Å². The Balaban J connectivity index is 3.83. The minimum atomic E-state index is -4.41. The van der Waals surface area contributed by atoms with Gasteiger partial charge in [0.15, 0.2) is 0 Å². The maximum absolute atomic E-state index is 12.2. The van der Waals surface area contributed by atoms with E-state index < -0.39 is 14.5 Å². The first-order valence-corrected chi connectivity index (χ1v) is 11.3. The van der Waals surface area contributed by atoms with Crippen LogP contribution < -0.4 is 0 Å². The SMILES string of the molecule is C=CC([Si])(c1ccc(CC(C)C)c(CC(C)C)c1CC(C)C)S(=O)(=O)O. The van der Waals surface area contributed by atoms with Gasteiger partial charge < -0.3 is 0 Å². The Hall–Kier alpha value is -0.913. The molecule has 3 nitrogen and oxygen atoms in total. The van der Waals surface area contributed by atoms with Crippen molar-refractivity contribution in [3.05, 3.63) is 47.0 Å². The van der Waals surface area contributed by atoms with Gasteiger partial charge in [-0.1, -0.05) is 59.8 Å². The van der Waals surface area contributed by atoms with Gasteiger partial charge in [-0.3, -0.25) is 4.55 Å². The van der Waals surface area contributed by atoms with E-state index in [1.165, 1.54) is 17.2 Å². The van der Waals surface area contributed by atoms with E-state index in [0.717, 1.165) is 24.8 Å². The molecule has 1 atom stereocenters. The van der Waals surface area contributed by atoms with Crippen LogP contribution in [0.1, 0.15) is 63.8 Å². The molecule has 0 saturated heterocycles. The molecule has 0 fully saturated rings. The van der Waals surface area contributed by atoms with Gasteiger partial charge in [0.05, 0.1) is 10.2 Å². The van der Waals surface area contributed by atoms with Crippen LogP contribution in [0.3, 0.4) is 0 Å². The molecule has 26 heavy (non-hydrogen) atoms. The van der Waals surface area contributed by atoms with Crippen molar-refractivity contribution in [1.29, 1.82) is 0 Å². The Morgan fingerprint density at radius 2 is 1.46 bits per heavy atom. The fraction of sp³-hybridized carbons (Fsp3) is 0.619. The van der Waals surface area contributed by atoms with Crippen LogP contribution in [0.25, 0.3) is 0 Å². The third-order valence-electron chi connectivity index (χ3n) is 4.48. The maximum Gasteiger partial charge on any atom is 0.274 e. The van der Waals surface area contributed by atoms with Crippen molar-refractivity contribution in [2.75, 3.05) is 0 Å². The molecule has 1 unspecified atom stereocenters. The van der Waals surface area contributed by atoms with E-state index in [2.05, 4.69) is 58.4 Å². The molecule has 0 aromatic heterocycles. The summed E-state index contributed by atoms with van der Waals surface area (Å²) in [6, 6.07) is 3.85. The van der Waals surface area contributed by atoms with Crippen LogP contribution in [0.4, 0.5) is 0 Å². The predicted molar refractivity (Wildman–Crippen MR) is 111 cm³/mol. The zero-order valence-corrected chi connectivity index (χ0v) is 18.8. The molecule has 5 heteroatoms. The van der Waals surface area contributed by atoms with Crippen molar-refractivity contribution in [3.8, 4) is 0 Å². The van der Waals surface area contributed by atoms with Crippen molar-refractivity contribution in [1.82, 2.24) is 0 Å². The molecule has 0 aliphatic rings. The molecule has 1 rings (SSSR count). The van der Waals surface area contributed by atoms with Crippen LogP contribution in [-0.2, 0) is 33.8 Å². The Morgan fingerprint density at radius 1 is 1.00 bits per heavy atom. The molecule has 145 valence electrons. The lowest BCUT2D eigenvalue weighted by atomic mass is 9.83. The summed E-state index contributed by atoms with van der Waals surface area (Å²) in [6.45, 7) is 16.6. The second-order valence-electron chi connectivity index (χ2n) is 8.44. The van der Waals surface area contributed by atoms with E-state index in [0.29, 0.717) is 23.3 Å². The topological polar surface area (TPSA) is 54.4 Å². The lowest BCUT2D eigenvalue weighted by molar-refractivity contribution is 0.469. The fourth-order valence-corrected chi connectivity index (χ4v) is 4.29. The largest absolute Gasteiger partial charge is 0.285 e. The summed E-state index contributed by atoms with van der Waals surface area (Å²) in [5, 5.41) is 0. The van der Waals surface area contributed by atoms with Gasteiger partial charge in [-0.25, -0.2) is 0 Å². The molecule has 0 bridgehead atoms. The summed E-state index contributed by atoms with van der Waals surface area (Å²) in [5.74, 6) is 1.31. The van der Waals surface area contributed by atoms with Crippen LogP contribution >= 0.6 is 0 Å². The Bertz CT molecular complexity index is 736. The number of hydrogen-bond donors (Lipinski definition) is 1. The maximum atomic E-state index is 12.2. The van der Waals surface area contributed by atoms with Crippen LogP contribution in [-0.4, -0.2) is 23.2 Å². The smallest absolute Gasteiger partial charge is 0.274 e. The average molecular weight is 394 g/mol. The molecule has 3 radical (unpaired) electrons.